The Labute approximate surface area is 170 Å². The van der Waals surface area contributed by atoms with Gasteiger partial charge in [-0.05, 0) is 37.6 Å². The zero-order valence-corrected chi connectivity index (χ0v) is 16.7. The van der Waals surface area contributed by atoms with Gasteiger partial charge in [-0.2, -0.15) is 5.26 Å². The number of aromatic nitrogens is 2. The number of hydrogen-bond donors (Lipinski definition) is 0. The van der Waals surface area contributed by atoms with Crippen LogP contribution in [-0.4, -0.2) is 47.5 Å². The number of amides is 1. The molecule has 1 saturated heterocycles. The summed E-state index contributed by atoms with van der Waals surface area (Å²) in [6.45, 7) is 4.07. The van der Waals surface area contributed by atoms with Gasteiger partial charge in [0.2, 0.25) is 5.91 Å². The van der Waals surface area contributed by atoms with E-state index in [-0.39, 0.29) is 11.8 Å². The van der Waals surface area contributed by atoms with Crippen molar-refractivity contribution >= 4 is 22.8 Å². The summed E-state index contributed by atoms with van der Waals surface area (Å²) < 4.78 is 0. The lowest BCUT2D eigenvalue weighted by Gasteiger charge is -2.22. The molecule has 1 aliphatic rings. The monoisotopic (exact) mass is 385 g/mol. The number of nitrogens with zero attached hydrogens (tertiary/aromatic N) is 5. The molecule has 1 aromatic heterocycles. The van der Waals surface area contributed by atoms with Crippen molar-refractivity contribution in [1.82, 2.24) is 14.9 Å². The van der Waals surface area contributed by atoms with Crippen LogP contribution in [0.4, 0.5) is 5.82 Å². The zero-order valence-electron chi connectivity index (χ0n) is 16.7. The Hall–Kier alpha value is -3.46. The predicted molar refractivity (Wildman–Crippen MR) is 113 cm³/mol. The molecule has 0 saturated carbocycles. The summed E-state index contributed by atoms with van der Waals surface area (Å²) in [7, 11) is 1.85. The van der Waals surface area contributed by atoms with Crippen molar-refractivity contribution in [1.29, 1.82) is 5.26 Å². The summed E-state index contributed by atoms with van der Waals surface area (Å²) in [6.07, 6.45) is 0.801. The van der Waals surface area contributed by atoms with Crippen molar-refractivity contribution in [3.05, 3.63) is 54.1 Å². The van der Waals surface area contributed by atoms with Crippen molar-refractivity contribution in [2.45, 2.75) is 13.3 Å². The fourth-order valence-electron chi connectivity index (χ4n) is 3.76. The van der Waals surface area contributed by atoms with E-state index >= 15 is 0 Å². The molecule has 4 rings (SSSR count). The van der Waals surface area contributed by atoms with E-state index < -0.39 is 0 Å². The lowest BCUT2D eigenvalue weighted by Crippen LogP contribution is -2.34. The Morgan fingerprint density at radius 2 is 1.97 bits per heavy atom. The molecule has 0 aliphatic carbocycles. The van der Waals surface area contributed by atoms with Gasteiger partial charge >= 0.3 is 0 Å². The van der Waals surface area contributed by atoms with Gasteiger partial charge in [-0.3, -0.25) is 4.79 Å². The first-order valence-electron chi connectivity index (χ1n) is 9.88. The zero-order chi connectivity index (χ0) is 20.4. The molecule has 0 N–H and O–H groups in total. The third kappa shape index (κ3) is 3.64. The maximum absolute atomic E-state index is 12.6. The smallest absolute Gasteiger partial charge is 0.227 e. The largest absolute Gasteiger partial charge is 0.354 e. The van der Waals surface area contributed by atoms with Crippen molar-refractivity contribution < 1.29 is 4.79 Å². The molecule has 0 spiro atoms. The van der Waals surface area contributed by atoms with Crippen LogP contribution in [0.5, 0.6) is 0 Å². The van der Waals surface area contributed by atoms with Gasteiger partial charge in [-0.25, -0.2) is 9.97 Å². The number of rotatable bonds is 4. The number of carbonyl (C=O) groups is 1. The van der Waals surface area contributed by atoms with Crippen LogP contribution in [0.15, 0.2) is 48.5 Å². The van der Waals surface area contributed by atoms with Crippen LogP contribution in [0.25, 0.3) is 22.3 Å². The fourth-order valence-corrected chi connectivity index (χ4v) is 3.76. The Morgan fingerprint density at radius 3 is 2.69 bits per heavy atom. The molecule has 1 fully saturated rings. The van der Waals surface area contributed by atoms with E-state index in [0.29, 0.717) is 18.7 Å². The normalized spacial score (nSPS) is 16.0. The molecule has 6 heteroatoms. The van der Waals surface area contributed by atoms with E-state index in [1.165, 1.54) is 0 Å². The fraction of sp³-hybridized carbons (Fsp3) is 0.304. The highest BCUT2D eigenvalue weighted by molar-refractivity contribution is 5.85. The predicted octanol–water partition coefficient (Wildman–Crippen LogP) is 3.47. The molecule has 2 aromatic carbocycles. The maximum atomic E-state index is 12.6. The molecular formula is C23H23N5O. The first-order chi connectivity index (χ1) is 14.1. The van der Waals surface area contributed by atoms with E-state index in [1.54, 1.807) is 11.0 Å². The Morgan fingerprint density at radius 1 is 1.21 bits per heavy atom. The minimum absolute atomic E-state index is 0.0356. The maximum Gasteiger partial charge on any atom is 0.227 e. The van der Waals surface area contributed by atoms with Crippen LogP contribution in [0.1, 0.15) is 18.9 Å². The molecule has 29 heavy (non-hydrogen) atoms. The summed E-state index contributed by atoms with van der Waals surface area (Å²) in [5.74, 6) is 0.913. The average Bonchev–Trinajstić information content (AvgIpc) is 3.27. The van der Waals surface area contributed by atoms with Gasteiger partial charge in [-0.15, -0.1) is 0 Å². The van der Waals surface area contributed by atoms with Gasteiger partial charge in [-0.1, -0.05) is 24.3 Å². The van der Waals surface area contributed by atoms with E-state index in [0.717, 1.165) is 41.1 Å². The number of benzene rings is 2. The molecule has 0 bridgehead atoms. The van der Waals surface area contributed by atoms with Crippen molar-refractivity contribution in [3.63, 3.8) is 0 Å². The number of fused-ring (bicyclic) bond motifs is 1. The van der Waals surface area contributed by atoms with Crippen LogP contribution in [0, 0.1) is 17.2 Å². The van der Waals surface area contributed by atoms with E-state index in [4.69, 9.17) is 9.97 Å². The number of hydrogen-bond acceptors (Lipinski definition) is 5. The molecule has 1 unspecified atom stereocenters. The quantitative estimate of drug-likeness (QED) is 0.687. The second-order valence-electron chi connectivity index (χ2n) is 7.36. The van der Waals surface area contributed by atoms with Crippen molar-refractivity contribution in [3.8, 4) is 17.3 Å². The number of nitriles is 1. The standard InChI is InChI=1S/C23H23N5O/c1-3-27(2)23(29)18-11-12-28(15-18)22-21(17-8-6-7-16(13-17)14-24)25-19-9-4-5-10-20(19)26-22/h4-10,13,18H,3,11-12,15H2,1-2H3. The van der Waals surface area contributed by atoms with Gasteiger partial charge in [0.25, 0.3) is 0 Å². The van der Waals surface area contributed by atoms with Crippen LogP contribution in [0.3, 0.4) is 0 Å². The highest BCUT2D eigenvalue weighted by atomic mass is 16.2. The molecule has 146 valence electrons. The third-order valence-corrected chi connectivity index (χ3v) is 5.50. The van der Waals surface area contributed by atoms with Gasteiger partial charge in [0.1, 0.15) is 5.69 Å². The molecule has 6 nitrogen and oxygen atoms in total. The Kier molecular flexibility index (Phi) is 5.13. The molecular weight excluding hydrogens is 362 g/mol. The third-order valence-electron chi connectivity index (χ3n) is 5.50. The second kappa shape index (κ2) is 7.88. The lowest BCUT2D eigenvalue weighted by atomic mass is 10.1. The van der Waals surface area contributed by atoms with Gasteiger partial charge in [0.05, 0.1) is 28.6 Å². The van der Waals surface area contributed by atoms with Crippen LogP contribution in [0.2, 0.25) is 0 Å². The Balaban J connectivity index is 1.77. The summed E-state index contributed by atoms with van der Waals surface area (Å²) >= 11 is 0. The van der Waals surface area contributed by atoms with Crippen LogP contribution >= 0.6 is 0 Å². The van der Waals surface area contributed by atoms with Crippen LogP contribution < -0.4 is 4.90 Å². The summed E-state index contributed by atoms with van der Waals surface area (Å²) in [5.41, 5.74) is 3.83. The van der Waals surface area contributed by atoms with Gasteiger partial charge in [0.15, 0.2) is 5.82 Å². The van der Waals surface area contributed by atoms with E-state index in [9.17, 15) is 10.1 Å². The average molecular weight is 385 g/mol. The van der Waals surface area contributed by atoms with Crippen molar-refractivity contribution in [2.24, 2.45) is 5.92 Å². The minimum atomic E-state index is -0.0356. The first kappa shape index (κ1) is 18.9. The molecule has 1 atom stereocenters. The number of carbonyl (C=O) groups excluding carboxylic acids is 1. The highest BCUT2D eigenvalue weighted by Crippen LogP contribution is 2.33. The molecule has 1 aliphatic heterocycles. The topological polar surface area (TPSA) is 73.1 Å². The van der Waals surface area contributed by atoms with Crippen LogP contribution in [-0.2, 0) is 4.79 Å². The summed E-state index contributed by atoms with van der Waals surface area (Å²) in [6, 6.07) is 17.4. The van der Waals surface area contributed by atoms with E-state index in [1.807, 2.05) is 56.4 Å². The Bertz CT molecular complexity index is 1100. The molecule has 1 amide bonds. The first-order valence-corrected chi connectivity index (χ1v) is 9.88. The van der Waals surface area contributed by atoms with E-state index in [2.05, 4.69) is 11.0 Å². The highest BCUT2D eigenvalue weighted by Gasteiger charge is 2.32. The number of anilines is 1. The summed E-state index contributed by atoms with van der Waals surface area (Å²) in [5, 5.41) is 9.29. The molecule has 2 heterocycles. The molecule has 0 radical (unpaired) electrons. The summed E-state index contributed by atoms with van der Waals surface area (Å²) in [4.78, 5) is 26.3. The van der Waals surface area contributed by atoms with Crippen molar-refractivity contribution in [2.75, 3.05) is 31.6 Å². The van der Waals surface area contributed by atoms with Gasteiger partial charge in [0, 0.05) is 32.2 Å². The number of para-hydroxylation sites is 2. The second-order valence-corrected chi connectivity index (χ2v) is 7.36. The SMILES string of the molecule is CCN(C)C(=O)C1CCN(c2nc3ccccc3nc2-c2cccc(C#N)c2)C1. The molecule has 3 aromatic rings. The lowest BCUT2D eigenvalue weighted by molar-refractivity contribution is -0.133. The van der Waals surface area contributed by atoms with Gasteiger partial charge < -0.3 is 9.80 Å². The minimum Gasteiger partial charge on any atom is -0.354 e.